The molecule has 0 aliphatic carbocycles. The van der Waals surface area contributed by atoms with E-state index in [-0.39, 0.29) is 17.9 Å². The van der Waals surface area contributed by atoms with Gasteiger partial charge in [0.15, 0.2) is 0 Å². The Bertz CT molecular complexity index is 213. The third-order valence-electron chi connectivity index (χ3n) is 2.95. The Morgan fingerprint density at radius 1 is 1.38 bits per heavy atom. The van der Waals surface area contributed by atoms with Gasteiger partial charge in [0.25, 0.3) is 0 Å². The predicted octanol–water partition coefficient (Wildman–Crippen LogP) is 0.869. The fourth-order valence-electron chi connectivity index (χ4n) is 1.74. The van der Waals surface area contributed by atoms with Gasteiger partial charge in [0.2, 0.25) is 5.91 Å². The lowest BCUT2D eigenvalue weighted by molar-refractivity contribution is -0.124. The van der Waals surface area contributed by atoms with Gasteiger partial charge in [-0.1, -0.05) is 20.8 Å². The first-order chi connectivity index (χ1) is 7.63. The fourth-order valence-corrected chi connectivity index (χ4v) is 1.74. The SMILES string of the molecule is CC[C@H](CN1CCOCC1)NC(=O)C(C)C. The number of nitrogens with one attached hydrogen (secondary N) is 1. The lowest BCUT2D eigenvalue weighted by Crippen LogP contribution is -2.47. The number of hydrogen-bond donors (Lipinski definition) is 1. The second-order valence-electron chi connectivity index (χ2n) is 4.68. The van der Waals surface area contributed by atoms with Gasteiger partial charge in [-0.2, -0.15) is 0 Å². The molecule has 1 fully saturated rings. The molecule has 0 aromatic heterocycles. The van der Waals surface area contributed by atoms with Crippen molar-refractivity contribution in [3.05, 3.63) is 0 Å². The minimum Gasteiger partial charge on any atom is -0.379 e. The molecular formula is C12H24N2O2. The molecule has 0 aromatic rings. The predicted molar refractivity (Wildman–Crippen MR) is 64.3 cm³/mol. The topological polar surface area (TPSA) is 41.6 Å². The maximum absolute atomic E-state index is 11.6. The lowest BCUT2D eigenvalue weighted by atomic mass is 10.1. The van der Waals surface area contributed by atoms with Crippen LogP contribution in [0, 0.1) is 5.92 Å². The maximum atomic E-state index is 11.6. The van der Waals surface area contributed by atoms with Crippen molar-refractivity contribution in [2.45, 2.75) is 33.2 Å². The number of morpholine rings is 1. The molecule has 1 aliphatic heterocycles. The van der Waals surface area contributed by atoms with E-state index in [0.29, 0.717) is 0 Å². The van der Waals surface area contributed by atoms with Gasteiger partial charge in [-0.05, 0) is 6.42 Å². The molecule has 0 bridgehead atoms. The van der Waals surface area contributed by atoms with Crippen molar-refractivity contribution >= 4 is 5.91 Å². The van der Waals surface area contributed by atoms with Gasteiger partial charge < -0.3 is 10.1 Å². The largest absolute Gasteiger partial charge is 0.379 e. The second-order valence-corrected chi connectivity index (χ2v) is 4.68. The van der Waals surface area contributed by atoms with Crippen molar-refractivity contribution < 1.29 is 9.53 Å². The molecule has 4 heteroatoms. The van der Waals surface area contributed by atoms with E-state index in [9.17, 15) is 4.79 Å². The van der Waals surface area contributed by atoms with Crippen LogP contribution in [0.15, 0.2) is 0 Å². The molecule has 0 unspecified atom stereocenters. The van der Waals surface area contributed by atoms with E-state index in [0.717, 1.165) is 39.3 Å². The first-order valence-electron chi connectivity index (χ1n) is 6.24. The molecule has 1 amide bonds. The highest BCUT2D eigenvalue weighted by Crippen LogP contribution is 2.02. The Morgan fingerprint density at radius 3 is 2.50 bits per heavy atom. The molecule has 1 saturated heterocycles. The molecule has 1 heterocycles. The Hall–Kier alpha value is -0.610. The Balaban J connectivity index is 2.32. The zero-order valence-corrected chi connectivity index (χ0v) is 10.7. The summed E-state index contributed by atoms with van der Waals surface area (Å²) < 4.78 is 5.31. The smallest absolute Gasteiger partial charge is 0.222 e. The summed E-state index contributed by atoms with van der Waals surface area (Å²) in [7, 11) is 0. The van der Waals surface area contributed by atoms with E-state index in [1.807, 2.05) is 13.8 Å². The Morgan fingerprint density at radius 2 is 2.00 bits per heavy atom. The molecule has 0 aromatic carbocycles. The molecular weight excluding hydrogens is 204 g/mol. The van der Waals surface area contributed by atoms with Crippen LogP contribution in [0.2, 0.25) is 0 Å². The van der Waals surface area contributed by atoms with Crippen molar-refractivity contribution in [2.24, 2.45) is 5.92 Å². The normalized spacial score (nSPS) is 19.8. The third-order valence-corrected chi connectivity index (χ3v) is 2.95. The zero-order valence-electron chi connectivity index (χ0n) is 10.7. The zero-order chi connectivity index (χ0) is 12.0. The van der Waals surface area contributed by atoms with Gasteiger partial charge in [0, 0.05) is 31.6 Å². The number of amides is 1. The summed E-state index contributed by atoms with van der Waals surface area (Å²) in [5, 5.41) is 3.09. The first kappa shape index (κ1) is 13.5. The summed E-state index contributed by atoms with van der Waals surface area (Å²) in [6.45, 7) is 10.5. The maximum Gasteiger partial charge on any atom is 0.222 e. The number of rotatable bonds is 5. The lowest BCUT2D eigenvalue weighted by Gasteiger charge is -2.30. The van der Waals surface area contributed by atoms with Crippen molar-refractivity contribution in [1.82, 2.24) is 10.2 Å². The summed E-state index contributed by atoms with van der Waals surface area (Å²) >= 11 is 0. The van der Waals surface area contributed by atoms with Crippen LogP contribution in [0.5, 0.6) is 0 Å². The van der Waals surface area contributed by atoms with Crippen LogP contribution in [0.25, 0.3) is 0 Å². The van der Waals surface area contributed by atoms with Crippen LogP contribution in [0.3, 0.4) is 0 Å². The van der Waals surface area contributed by atoms with Crippen molar-refractivity contribution in [2.75, 3.05) is 32.8 Å². The van der Waals surface area contributed by atoms with Crippen molar-refractivity contribution in [3.63, 3.8) is 0 Å². The Labute approximate surface area is 98.3 Å². The molecule has 1 N–H and O–H groups in total. The number of nitrogens with zero attached hydrogens (tertiary/aromatic N) is 1. The van der Waals surface area contributed by atoms with Crippen LogP contribution in [0.1, 0.15) is 27.2 Å². The summed E-state index contributed by atoms with van der Waals surface area (Å²) in [6, 6.07) is 0.271. The van der Waals surface area contributed by atoms with Crippen LogP contribution < -0.4 is 5.32 Å². The van der Waals surface area contributed by atoms with E-state index >= 15 is 0 Å². The monoisotopic (exact) mass is 228 g/mol. The molecule has 0 saturated carbocycles. The van der Waals surface area contributed by atoms with Crippen LogP contribution in [-0.4, -0.2) is 49.7 Å². The highest BCUT2D eigenvalue weighted by molar-refractivity contribution is 5.78. The minimum atomic E-state index is 0.0683. The van der Waals surface area contributed by atoms with E-state index < -0.39 is 0 Å². The van der Waals surface area contributed by atoms with Gasteiger partial charge in [0.05, 0.1) is 13.2 Å². The highest BCUT2D eigenvalue weighted by Gasteiger charge is 2.18. The fraction of sp³-hybridized carbons (Fsp3) is 0.917. The first-order valence-corrected chi connectivity index (χ1v) is 6.24. The third kappa shape index (κ3) is 4.49. The van der Waals surface area contributed by atoms with E-state index in [4.69, 9.17) is 4.74 Å². The summed E-state index contributed by atoms with van der Waals surface area (Å²) in [6.07, 6.45) is 0.982. The molecule has 94 valence electrons. The summed E-state index contributed by atoms with van der Waals surface area (Å²) in [5.41, 5.74) is 0. The summed E-state index contributed by atoms with van der Waals surface area (Å²) in [4.78, 5) is 14.0. The van der Waals surface area contributed by atoms with Gasteiger partial charge in [-0.25, -0.2) is 0 Å². The van der Waals surface area contributed by atoms with E-state index in [2.05, 4.69) is 17.1 Å². The molecule has 4 nitrogen and oxygen atoms in total. The van der Waals surface area contributed by atoms with Gasteiger partial charge in [0.1, 0.15) is 0 Å². The average molecular weight is 228 g/mol. The van der Waals surface area contributed by atoms with Crippen molar-refractivity contribution in [1.29, 1.82) is 0 Å². The highest BCUT2D eigenvalue weighted by atomic mass is 16.5. The molecule has 1 atom stereocenters. The van der Waals surface area contributed by atoms with E-state index in [1.54, 1.807) is 0 Å². The van der Waals surface area contributed by atoms with E-state index in [1.165, 1.54) is 0 Å². The molecule has 1 aliphatic rings. The number of ether oxygens (including phenoxy) is 1. The van der Waals surface area contributed by atoms with Crippen LogP contribution in [0.4, 0.5) is 0 Å². The van der Waals surface area contributed by atoms with Crippen molar-refractivity contribution in [3.8, 4) is 0 Å². The van der Waals surface area contributed by atoms with Crippen LogP contribution in [-0.2, 0) is 9.53 Å². The molecule has 0 radical (unpaired) electrons. The molecule has 0 spiro atoms. The minimum absolute atomic E-state index is 0.0683. The average Bonchev–Trinajstić information content (AvgIpc) is 2.29. The summed E-state index contributed by atoms with van der Waals surface area (Å²) in [5.74, 6) is 0.221. The molecule has 1 rings (SSSR count). The standard InChI is InChI=1S/C12H24N2O2/c1-4-11(13-12(15)10(2)3)9-14-5-7-16-8-6-14/h10-11H,4-9H2,1-3H3,(H,13,15)/t11-/m1/s1. The van der Waals surface area contributed by atoms with Gasteiger partial charge >= 0.3 is 0 Å². The van der Waals surface area contributed by atoms with Gasteiger partial charge in [-0.3, -0.25) is 9.69 Å². The Kier molecular flexibility index (Phi) is 5.77. The molecule has 16 heavy (non-hydrogen) atoms. The quantitative estimate of drug-likeness (QED) is 0.759. The number of hydrogen-bond acceptors (Lipinski definition) is 3. The number of carbonyl (C=O) groups excluding carboxylic acids is 1. The van der Waals surface area contributed by atoms with Gasteiger partial charge in [-0.15, -0.1) is 0 Å². The second kappa shape index (κ2) is 6.86. The number of carbonyl (C=O) groups is 1. The van der Waals surface area contributed by atoms with Crippen LogP contribution >= 0.6 is 0 Å².